The minimum Gasteiger partial charge on any atom is -0.376 e. The summed E-state index contributed by atoms with van der Waals surface area (Å²) in [6.45, 7) is 3.32. The van der Waals surface area contributed by atoms with Gasteiger partial charge >= 0.3 is 0 Å². The maximum atomic E-state index is 12.6. The Balaban J connectivity index is 1.57. The highest BCUT2D eigenvalue weighted by molar-refractivity contribution is 5.95. The van der Waals surface area contributed by atoms with Crippen molar-refractivity contribution in [1.82, 2.24) is 25.1 Å². The number of carbonyl (C=O) groups is 1. The van der Waals surface area contributed by atoms with Gasteiger partial charge in [-0.3, -0.25) is 9.36 Å². The number of hydrogen-bond acceptors (Lipinski definition) is 5. The molecule has 1 amide bonds. The standard InChI is InChI=1S/C21H23N5O2/c1-15-9-19(20(22-11-15)26-13-24-25-14-26)16-5-4-6-17(10-16)21(27)23-12-18-7-2-3-8-28-18/h4-6,9-11,13-14,18H,2-3,7-8,12H2,1H3,(H,23,27)/t18-/m1/s1. The summed E-state index contributed by atoms with van der Waals surface area (Å²) in [6.07, 6.45) is 8.40. The molecule has 1 fully saturated rings. The van der Waals surface area contributed by atoms with Crippen LogP contribution in [0.25, 0.3) is 16.9 Å². The van der Waals surface area contributed by atoms with Crippen LogP contribution in [0, 0.1) is 6.92 Å². The van der Waals surface area contributed by atoms with Crippen LogP contribution in [0.15, 0.2) is 49.2 Å². The van der Waals surface area contributed by atoms with Crippen LogP contribution in [0.5, 0.6) is 0 Å². The van der Waals surface area contributed by atoms with E-state index in [2.05, 4.69) is 26.6 Å². The molecule has 0 unspecified atom stereocenters. The third kappa shape index (κ3) is 4.09. The number of nitrogens with zero attached hydrogens (tertiary/aromatic N) is 4. The molecule has 1 aliphatic rings. The fraction of sp³-hybridized carbons (Fsp3) is 0.333. The number of hydrogen-bond donors (Lipinski definition) is 1. The van der Waals surface area contributed by atoms with E-state index in [1.165, 1.54) is 0 Å². The molecule has 7 heteroatoms. The average molecular weight is 377 g/mol. The maximum Gasteiger partial charge on any atom is 0.251 e. The summed E-state index contributed by atoms with van der Waals surface area (Å²) in [6, 6.07) is 9.63. The van der Waals surface area contributed by atoms with Gasteiger partial charge in [0.25, 0.3) is 5.91 Å². The summed E-state index contributed by atoms with van der Waals surface area (Å²) >= 11 is 0. The van der Waals surface area contributed by atoms with Crippen LogP contribution < -0.4 is 5.32 Å². The van der Waals surface area contributed by atoms with Crippen molar-refractivity contribution in [1.29, 1.82) is 0 Å². The lowest BCUT2D eigenvalue weighted by atomic mass is 10.0. The number of aromatic nitrogens is 4. The number of nitrogens with one attached hydrogen (secondary N) is 1. The van der Waals surface area contributed by atoms with Crippen LogP contribution in [0.1, 0.15) is 35.2 Å². The van der Waals surface area contributed by atoms with Gasteiger partial charge in [0.2, 0.25) is 0 Å². The van der Waals surface area contributed by atoms with E-state index in [0.29, 0.717) is 12.1 Å². The van der Waals surface area contributed by atoms with Gasteiger partial charge in [-0.05, 0) is 55.5 Å². The highest BCUT2D eigenvalue weighted by Crippen LogP contribution is 2.27. The van der Waals surface area contributed by atoms with E-state index in [0.717, 1.165) is 48.4 Å². The number of aryl methyl sites for hydroxylation is 1. The van der Waals surface area contributed by atoms with E-state index in [9.17, 15) is 4.79 Å². The molecule has 2 aromatic heterocycles. The van der Waals surface area contributed by atoms with Gasteiger partial charge in [-0.15, -0.1) is 10.2 Å². The van der Waals surface area contributed by atoms with Gasteiger partial charge in [0.05, 0.1) is 6.10 Å². The predicted molar refractivity (Wildman–Crippen MR) is 105 cm³/mol. The number of carbonyl (C=O) groups excluding carboxylic acids is 1. The molecule has 0 radical (unpaired) electrons. The Bertz CT molecular complexity index is 949. The van der Waals surface area contributed by atoms with Crippen LogP contribution in [0.2, 0.25) is 0 Å². The van der Waals surface area contributed by atoms with Crippen LogP contribution in [-0.2, 0) is 4.74 Å². The summed E-state index contributed by atoms with van der Waals surface area (Å²) in [7, 11) is 0. The van der Waals surface area contributed by atoms with Crippen molar-refractivity contribution >= 4 is 5.91 Å². The zero-order valence-electron chi connectivity index (χ0n) is 15.8. The molecule has 1 atom stereocenters. The highest BCUT2D eigenvalue weighted by atomic mass is 16.5. The molecule has 3 aromatic rings. The Morgan fingerprint density at radius 3 is 2.89 bits per heavy atom. The monoisotopic (exact) mass is 377 g/mol. The Morgan fingerprint density at radius 2 is 2.11 bits per heavy atom. The van der Waals surface area contributed by atoms with E-state index in [1.807, 2.05) is 31.2 Å². The molecular weight excluding hydrogens is 354 g/mol. The van der Waals surface area contributed by atoms with Crippen molar-refractivity contribution < 1.29 is 9.53 Å². The van der Waals surface area contributed by atoms with Gasteiger partial charge < -0.3 is 10.1 Å². The fourth-order valence-electron chi connectivity index (χ4n) is 3.40. The Morgan fingerprint density at radius 1 is 1.25 bits per heavy atom. The number of amides is 1. The average Bonchev–Trinajstić information content (AvgIpc) is 3.27. The Hall–Kier alpha value is -3.06. The second-order valence-corrected chi connectivity index (χ2v) is 7.03. The van der Waals surface area contributed by atoms with Gasteiger partial charge in [0, 0.05) is 30.5 Å². The zero-order valence-corrected chi connectivity index (χ0v) is 15.8. The van der Waals surface area contributed by atoms with E-state index < -0.39 is 0 Å². The fourth-order valence-corrected chi connectivity index (χ4v) is 3.40. The van der Waals surface area contributed by atoms with Crippen molar-refractivity contribution in [3.8, 4) is 16.9 Å². The molecule has 1 aromatic carbocycles. The highest BCUT2D eigenvalue weighted by Gasteiger charge is 2.16. The number of ether oxygens (including phenoxy) is 1. The topological polar surface area (TPSA) is 81.9 Å². The molecular formula is C21H23N5O2. The second kappa shape index (κ2) is 8.31. The van der Waals surface area contributed by atoms with E-state index in [1.54, 1.807) is 23.4 Å². The molecule has 1 N–H and O–H groups in total. The van der Waals surface area contributed by atoms with Crippen LogP contribution in [0.3, 0.4) is 0 Å². The van der Waals surface area contributed by atoms with Crippen molar-refractivity contribution in [3.63, 3.8) is 0 Å². The van der Waals surface area contributed by atoms with Gasteiger partial charge in [0.15, 0.2) is 0 Å². The quantitative estimate of drug-likeness (QED) is 0.739. The van der Waals surface area contributed by atoms with Gasteiger partial charge in [-0.2, -0.15) is 0 Å². The van der Waals surface area contributed by atoms with Gasteiger partial charge in [-0.1, -0.05) is 12.1 Å². The lowest BCUT2D eigenvalue weighted by Crippen LogP contribution is -2.35. The second-order valence-electron chi connectivity index (χ2n) is 7.03. The number of rotatable bonds is 5. The van der Waals surface area contributed by atoms with Crippen molar-refractivity contribution in [2.45, 2.75) is 32.3 Å². The first-order chi connectivity index (χ1) is 13.7. The molecule has 1 saturated heterocycles. The van der Waals surface area contributed by atoms with E-state index in [-0.39, 0.29) is 12.0 Å². The first kappa shape index (κ1) is 18.3. The molecule has 0 aliphatic carbocycles. The summed E-state index contributed by atoms with van der Waals surface area (Å²) in [4.78, 5) is 17.2. The molecule has 144 valence electrons. The first-order valence-electron chi connectivity index (χ1n) is 9.52. The van der Waals surface area contributed by atoms with Crippen molar-refractivity contribution in [3.05, 3.63) is 60.3 Å². The lowest BCUT2D eigenvalue weighted by Gasteiger charge is -2.22. The summed E-state index contributed by atoms with van der Waals surface area (Å²) in [5, 5.41) is 10.7. The molecule has 1 aliphatic heterocycles. The minimum absolute atomic E-state index is 0.0949. The molecule has 28 heavy (non-hydrogen) atoms. The molecule has 3 heterocycles. The minimum atomic E-state index is -0.0949. The maximum absolute atomic E-state index is 12.6. The summed E-state index contributed by atoms with van der Waals surface area (Å²) in [5.74, 6) is 0.631. The third-order valence-electron chi connectivity index (χ3n) is 4.87. The summed E-state index contributed by atoms with van der Waals surface area (Å²) < 4.78 is 7.46. The van der Waals surface area contributed by atoms with Crippen molar-refractivity contribution in [2.75, 3.05) is 13.2 Å². The Labute approximate surface area is 163 Å². The molecule has 0 bridgehead atoms. The first-order valence-corrected chi connectivity index (χ1v) is 9.52. The number of pyridine rings is 1. The molecule has 0 saturated carbocycles. The molecule has 7 nitrogen and oxygen atoms in total. The summed E-state index contributed by atoms with van der Waals surface area (Å²) in [5.41, 5.74) is 3.49. The van der Waals surface area contributed by atoms with Crippen LogP contribution in [0.4, 0.5) is 0 Å². The normalized spacial score (nSPS) is 16.7. The van der Waals surface area contributed by atoms with Crippen LogP contribution >= 0.6 is 0 Å². The Kier molecular flexibility index (Phi) is 5.43. The molecule has 4 rings (SSSR count). The number of benzene rings is 1. The third-order valence-corrected chi connectivity index (χ3v) is 4.87. The van der Waals surface area contributed by atoms with E-state index in [4.69, 9.17) is 4.74 Å². The lowest BCUT2D eigenvalue weighted by molar-refractivity contribution is 0.0169. The van der Waals surface area contributed by atoms with Gasteiger partial charge in [-0.25, -0.2) is 4.98 Å². The zero-order chi connectivity index (χ0) is 19.3. The predicted octanol–water partition coefficient (Wildman–Crippen LogP) is 2.94. The van der Waals surface area contributed by atoms with E-state index >= 15 is 0 Å². The van der Waals surface area contributed by atoms with Crippen molar-refractivity contribution in [2.24, 2.45) is 0 Å². The molecule has 0 spiro atoms. The SMILES string of the molecule is Cc1cnc(-n2cnnc2)c(-c2cccc(C(=O)NC[C@H]3CCCCO3)c2)c1. The van der Waals surface area contributed by atoms with Gasteiger partial charge in [0.1, 0.15) is 18.5 Å². The largest absolute Gasteiger partial charge is 0.376 e. The van der Waals surface area contributed by atoms with Crippen LogP contribution in [-0.4, -0.2) is 44.9 Å². The smallest absolute Gasteiger partial charge is 0.251 e.